The fraction of sp³-hybridized carbons (Fsp3) is 0.700. The van der Waals surface area contributed by atoms with E-state index in [4.69, 9.17) is 0 Å². The van der Waals surface area contributed by atoms with Crippen LogP contribution in [0.1, 0.15) is 40.5 Å². The molecule has 1 atom stereocenters. The highest BCUT2D eigenvalue weighted by Gasteiger charge is 2.24. The Bertz CT molecular complexity index is 192. The zero-order valence-corrected chi connectivity index (χ0v) is 9.86. The van der Waals surface area contributed by atoms with Gasteiger partial charge in [0.2, 0.25) is 0 Å². The highest BCUT2D eigenvalue weighted by molar-refractivity contribution is 9.10. The van der Waals surface area contributed by atoms with E-state index < -0.39 is 0 Å². The maximum atomic E-state index is 11.1. The maximum Gasteiger partial charge on any atom is 0.146 e. The van der Waals surface area contributed by atoms with E-state index in [1.807, 2.05) is 6.92 Å². The van der Waals surface area contributed by atoms with Gasteiger partial charge in [0.05, 0.1) is 4.32 Å². The first-order chi connectivity index (χ1) is 5.40. The third-order valence-corrected chi connectivity index (χ3v) is 3.01. The van der Waals surface area contributed by atoms with Gasteiger partial charge in [-0.3, -0.25) is 4.79 Å². The van der Waals surface area contributed by atoms with Gasteiger partial charge in [0.15, 0.2) is 0 Å². The Labute approximate surface area is 83.4 Å². The minimum absolute atomic E-state index is 0.183. The summed E-state index contributed by atoms with van der Waals surface area (Å²) >= 11 is 3.41. The van der Waals surface area contributed by atoms with Crippen molar-refractivity contribution in [1.82, 2.24) is 0 Å². The average Bonchev–Trinajstić information content (AvgIpc) is 2.00. The Morgan fingerprint density at radius 1 is 1.50 bits per heavy atom. The van der Waals surface area contributed by atoms with Crippen LogP contribution in [-0.4, -0.2) is 10.1 Å². The lowest BCUT2D eigenvalue weighted by molar-refractivity contribution is -0.118. The molecule has 0 fully saturated rings. The molecule has 70 valence electrons. The lowest BCUT2D eigenvalue weighted by atomic mass is 10.0. The molecule has 0 aromatic rings. The molecule has 2 heteroatoms. The van der Waals surface area contributed by atoms with Crippen molar-refractivity contribution in [2.24, 2.45) is 0 Å². The monoisotopic (exact) mass is 232 g/mol. The van der Waals surface area contributed by atoms with Crippen molar-refractivity contribution in [2.75, 3.05) is 0 Å². The molecule has 0 aromatic carbocycles. The number of halogens is 1. The summed E-state index contributed by atoms with van der Waals surface area (Å²) in [5.74, 6) is 0.183. The molecular formula is C10H17BrO. The summed E-state index contributed by atoms with van der Waals surface area (Å²) in [6.45, 7) is 7.73. The lowest BCUT2D eigenvalue weighted by Gasteiger charge is -2.16. The molecule has 1 unspecified atom stereocenters. The summed E-state index contributed by atoms with van der Waals surface area (Å²) in [6, 6.07) is 0. The molecule has 0 aliphatic carbocycles. The minimum Gasteiger partial charge on any atom is -0.298 e. The van der Waals surface area contributed by atoms with Crippen LogP contribution in [0.15, 0.2) is 11.6 Å². The number of alkyl halides is 1. The van der Waals surface area contributed by atoms with Gasteiger partial charge in [0.25, 0.3) is 0 Å². The fourth-order valence-electron chi connectivity index (χ4n) is 0.654. The topological polar surface area (TPSA) is 17.1 Å². The van der Waals surface area contributed by atoms with Crippen LogP contribution in [0.2, 0.25) is 0 Å². The molecule has 12 heavy (non-hydrogen) atoms. The first kappa shape index (κ1) is 11.9. The standard InChI is InChI=1S/C10H17BrO/c1-5-8(2)6-7-10(4,11)9(3)12/h6H,5,7H2,1-4H3/b8-6+. The van der Waals surface area contributed by atoms with E-state index in [0.29, 0.717) is 0 Å². The predicted octanol–water partition coefficient (Wildman–Crippen LogP) is 3.48. The van der Waals surface area contributed by atoms with Crippen molar-refractivity contribution in [3.05, 3.63) is 11.6 Å². The second kappa shape index (κ2) is 4.80. The highest BCUT2D eigenvalue weighted by atomic mass is 79.9. The molecule has 0 saturated heterocycles. The molecule has 0 aromatic heterocycles. The Morgan fingerprint density at radius 3 is 2.33 bits per heavy atom. The van der Waals surface area contributed by atoms with Gasteiger partial charge in [-0.25, -0.2) is 0 Å². The Morgan fingerprint density at radius 2 is 2.00 bits per heavy atom. The van der Waals surface area contributed by atoms with Gasteiger partial charge in [-0.15, -0.1) is 0 Å². The van der Waals surface area contributed by atoms with Gasteiger partial charge in [0.1, 0.15) is 5.78 Å². The van der Waals surface area contributed by atoms with Crippen LogP contribution in [0.3, 0.4) is 0 Å². The van der Waals surface area contributed by atoms with Crippen LogP contribution < -0.4 is 0 Å². The molecule has 0 rings (SSSR count). The van der Waals surface area contributed by atoms with Crippen LogP contribution in [0.25, 0.3) is 0 Å². The SMILES string of the molecule is CC/C(C)=C/CC(C)(Br)C(C)=O. The number of allylic oxidation sites excluding steroid dienone is 2. The Balaban J connectivity index is 4.17. The van der Waals surface area contributed by atoms with Crippen molar-refractivity contribution in [2.45, 2.75) is 44.9 Å². The fourth-order valence-corrected chi connectivity index (χ4v) is 0.816. The van der Waals surface area contributed by atoms with E-state index in [-0.39, 0.29) is 10.1 Å². The highest BCUT2D eigenvalue weighted by Crippen LogP contribution is 2.24. The first-order valence-corrected chi connectivity index (χ1v) is 5.05. The van der Waals surface area contributed by atoms with E-state index in [1.165, 1.54) is 5.57 Å². The van der Waals surface area contributed by atoms with Crippen LogP contribution in [0, 0.1) is 0 Å². The third-order valence-electron chi connectivity index (χ3n) is 2.13. The second-order valence-corrected chi connectivity index (χ2v) is 5.11. The zero-order chi connectivity index (χ0) is 9.78. The van der Waals surface area contributed by atoms with Crippen molar-refractivity contribution >= 4 is 21.7 Å². The summed E-state index contributed by atoms with van der Waals surface area (Å²) in [5, 5.41) is 0. The minimum atomic E-state index is -0.372. The Hall–Kier alpha value is -0.110. The molecule has 0 heterocycles. The van der Waals surface area contributed by atoms with Crippen molar-refractivity contribution in [3.63, 3.8) is 0 Å². The third kappa shape index (κ3) is 4.05. The van der Waals surface area contributed by atoms with E-state index in [2.05, 4.69) is 35.9 Å². The van der Waals surface area contributed by atoms with E-state index in [0.717, 1.165) is 12.8 Å². The summed E-state index contributed by atoms with van der Waals surface area (Å²) in [6.07, 6.45) is 3.96. The first-order valence-electron chi connectivity index (χ1n) is 4.25. The molecule has 0 radical (unpaired) electrons. The van der Waals surface area contributed by atoms with Gasteiger partial charge in [-0.05, 0) is 33.6 Å². The van der Waals surface area contributed by atoms with Crippen LogP contribution in [0.5, 0.6) is 0 Å². The molecule has 0 aliphatic heterocycles. The van der Waals surface area contributed by atoms with Gasteiger partial charge in [-0.1, -0.05) is 34.5 Å². The van der Waals surface area contributed by atoms with Crippen LogP contribution in [-0.2, 0) is 4.79 Å². The molecule has 0 aliphatic rings. The van der Waals surface area contributed by atoms with E-state index in [9.17, 15) is 4.79 Å². The summed E-state index contributed by atoms with van der Waals surface area (Å²) < 4.78 is -0.372. The maximum absolute atomic E-state index is 11.1. The second-order valence-electron chi connectivity index (χ2n) is 3.36. The van der Waals surface area contributed by atoms with Gasteiger partial charge >= 0.3 is 0 Å². The van der Waals surface area contributed by atoms with Crippen molar-refractivity contribution in [3.8, 4) is 0 Å². The average molecular weight is 233 g/mol. The van der Waals surface area contributed by atoms with Crippen LogP contribution >= 0.6 is 15.9 Å². The number of rotatable bonds is 4. The van der Waals surface area contributed by atoms with Gasteiger partial charge in [0, 0.05) is 0 Å². The van der Waals surface area contributed by atoms with Crippen molar-refractivity contribution < 1.29 is 4.79 Å². The smallest absolute Gasteiger partial charge is 0.146 e. The molecular weight excluding hydrogens is 216 g/mol. The molecule has 1 nitrogen and oxygen atoms in total. The van der Waals surface area contributed by atoms with Crippen LogP contribution in [0.4, 0.5) is 0 Å². The van der Waals surface area contributed by atoms with E-state index in [1.54, 1.807) is 6.92 Å². The summed E-state index contributed by atoms with van der Waals surface area (Å²) in [7, 11) is 0. The number of Topliss-reactive ketones (excluding diaryl/α,β-unsaturated/α-hetero) is 1. The zero-order valence-electron chi connectivity index (χ0n) is 8.28. The number of hydrogen-bond donors (Lipinski definition) is 0. The van der Waals surface area contributed by atoms with Crippen molar-refractivity contribution in [1.29, 1.82) is 0 Å². The summed E-state index contributed by atoms with van der Waals surface area (Å²) in [5.41, 5.74) is 1.34. The summed E-state index contributed by atoms with van der Waals surface area (Å²) in [4.78, 5) is 11.1. The molecule has 0 N–H and O–H groups in total. The number of hydrogen-bond acceptors (Lipinski definition) is 1. The normalized spacial score (nSPS) is 17.2. The van der Waals surface area contributed by atoms with Gasteiger partial charge < -0.3 is 0 Å². The number of ketones is 1. The lowest BCUT2D eigenvalue weighted by Crippen LogP contribution is -2.24. The Kier molecular flexibility index (Phi) is 4.76. The van der Waals surface area contributed by atoms with Gasteiger partial charge in [-0.2, -0.15) is 0 Å². The molecule has 0 amide bonds. The predicted molar refractivity (Wildman–Crippen MR) is 56.7 cm³/mol. The quantitative estimate of drug-likeness (QED) is 0.536. The molecule has 0 bridgehead atoms. The number of carbonyl (C=O) groups excluding carboxylic acids is 1. The van der Waals surface area contributed by atoms with E-state index >= 15 is 0 Å². The molecule has 0 spiro atoms. The largest absolute Gasteiger partial charge is 0.298 e. The number of carbonyl (C=O) groups is 1. The molecule has 0 saturated carbocycles.